The molecule has 1 spiro atoms. The van der Waals surface area contributed by atoms with Gasteiger partial charge >= 0.3 is 0 Å². The standard InChI is InChI=1S/C26H20FN3O4S/c27-17-9-5-16(6-10-17)24(31)23-22(15-7-11-18(12-8-15)30(33)34)21-13-35-14-29(21)26(23)19-3-1-2-4-20(19)28-25(26)32/h1-12,21-23H,13-14H2,(H,28,32)/t21-,22-,23+,26-/m1/s1. The first-order valence-electron chi connectivity index (χ1n) is 11.2. The number of benzene rings is 3. The van der Waals surface area contributed by atoms with E-state index in [1.807, 2.05) is 24.3 Å². The van der Waals surface area contributed by atoms with E-state index >= 15 is 0 Å². The number of ketones is 1. The molecule has 3 aliphatic heterocycles. The second-order valence-corrected chi connectivity index (χ2v) is 10.0. The maximum absolute atomic E-state index is 14.2. The van der Waals surface area contributed by atoms with Crippen LogP contribution in [0.15, 0.2) is 72.8 Å². The number of fused-ring (bicyclic) bond motifs is 4. The number of Topliss-reactive ketones (excluding diaryl/α,β-unsaturated/α-hetero) is 1. The topological polar surface area (TPSA) is 92.5 Å². The highest BCUT2D eigenvalue weighted by molar-refractivity contribution is 7.99. The summed E-state index contributed by atoms with van der Waals surface area (Å²) in [6.07, 6.45) is 0. The second-order valence-electron chi connectivity index (χ2n) is 9.03. The number of anilines is 1. The molecule has 3 aliphatic rings. The number of nitro groups is 1. The molecule has 1 amide bonds. The summed E-state index contributed by atoms with van der Waals surface area (Å²) in [6.45, 7) is 0. The highest BCUT2D eigenvalue weighted by Crippen LogP contribution is 2.61. The van der Waals surface area contributed by atoms with Crippen molar-refractivity contribution in [2.45, 2.75) is 17.5 Å². The fourth-order valence-corrected chi connectivity index (χ4v) is 7.34. The van der Waals surface area contributed by atoms with Gasteiger partial charge in [-0.15, -0.1) is 11.8 Å². The number of amides is 1. The molecule has 7 nitrogen and oxygen atoms in total. The Morgan fingerprint density at radius 2 is 1.80 bits per heavy atom. The third-order valence-electron chi connectivity index (χ3n) is 7.43. The van der Waals surface area contributed by atoms with Gasteiger partial charge in [-0.05, 0) is 35.9 Å². The van der Waals surface area contributed by atoms with Crippen LogP contribution in [0.2, 0.25) is 0 Å². The Morgan fingerprint density at radius 1 is 1.09 bits per heavy atom. The summed E-state index contributed by atoms with van der Waals surface area (Å²) in [7, 11) is 0. The van der Waals surface area contributed by atoms with Crippen LogP contribution < -0.4 is 5.32 Å². The third-order valence-corrected chi connectivity index (χ3v) is 8.47. The van der Waals surface area contributed by atoms with Crippen LogP contribution >= 0.6 is 11.8 Å². The van der Waals surface area contributed by atoms with E-state index in [0.29, 0.717) is 22.9 Å². The molecule has 3 heterocycles. The number of para-hydroxylation sites is 1. The van der Waals surface area contributed by atoms with E-state index in [1.165, 1.54) is 36.4 Å². The minimum atomic E-state index is -1.23. The van der Waals surface area contributed by atoms with Gasteiger partial charge in [-0.2, -0.15) is 0 Å². The minimum Gasteiger partial charge on any atom is -0.324 e. The Kier molecular flexibility index (Phi) is 5.01. The van der Waals surface area contributed by atoms with Crippen molar-refractivity contribution in [3.63, 3.8) is 0 Å². The number of non-ortho nitro benzene ring substituents is 1. The van der Waals surface area contributed by atoms with Crippen LogP contribution in [0.1, 0.15) is 27.4 Å². The molecule has 6 rings (SSSR count). The van der Waals surface area contributed by atoms with E-state index in [4.69, 9.17) is 0 Å². The van der Waals surface area contributed by atoms with Crippen molar-refractivity contribution < 1.29 is 18.9 Å². The number of nitrogens with one attached hydrogen (secondary N) is 1. The van der Waals surface area contributed by atoms with Crippen LogP contribution in [0.3, 0.4) is 0 Å². The van der Waals surface area contributed by atoms with Gasteiger partial charge in [0.15, 0.2) is 5.78 Å². The summed E-state index contributed by atoms with van der Waals surface area (Å²) < 4.78 is 13.7. The van der Waals surface area contributed by atoms with Crippen molar-refractivity contribution in [2.75, 3.05) is 16.9 Å². The SMILES string of the molecule is O=C(c1ccc(F)cc1)[C@@H]1[C@H](c2ccc([N+](=O)[O-])cc2)[C@H]2CSCN2[C@@]12C(=O)Nc1ccccc12. The summed E-state index contributed by atoms with van der Waals surface area (Å²) in [6, 6.07) is 18.9. The predicted molar refractivity (Wildman–Crippen MR) is 130 cm³/mol. The summed E-state index contributed by atoms with van der Waals surface area (Å²) in [4.78, 5) is 41.0. The molecule has 0 saturated carbocycles. The second kappa shape index (κ2) is 8.00. The molecule has 0 aliphatic carbocycles. The van der Waals surface area contributed by atoms with Gasteiger partial charge in [0.05, 0.1) is 10.8 Å². The van der Waals surface area contributed by atoms with Gasteiger partial charge in [0.25, 0.3) is 5.69 Å². The molecular weight excluding hydrogens is 469 g/mol. The lowest BCUT2D eigenvalue weighted by atomic mass is 9.69. The van der Waals surface area contributed by atoms with Gasteiger partial charge in [0.2, 0.25) is 5.91 Å². The first-order chi connectivity index (χ1) is 16.9. The molecule has 2 fully saturated rings. The molecule has 1 N–H and O–H groups in total. The maximum Gasteiger partial charge on any atom is 0.269 e. The van der Waals surface area contributed by atoms with E-state index in [2.05, 4.69) is 10.2 Å². The first kappa shape index (κ1) is 21.9. The number of carbonyl (C=O) groups is 2. The molecule has 0 aromatic heterocycles. The monoisotopic (exact) mass is 489 g/mol. The number of nitrogens with zero attached hydrogens (tertiary/aromatic N) is 2. The summed E-state index contributed by atoms with van der Waals surface area (Å²) in [5, 5.41) is 14.2. The zero-order chi connectivity index (χ0) is 24.3. The molecule has 9 heteroatoms. The van der Waals surface area contributed by atoms with Crippen LogP contribution in [-0.2, 0) is 10.3 Å². The van der Waals surface area contributed by atoms with Crippen LogP contribution in [0, 0.1) is 21.8 Å². The Bertz CT molecular complexity index is 1360. The Labute approximate surface area is 204 Å². The van der Waals surface area contributed by atoms with E-state index in [1.54, 1.807) is 23.9 Å². The van der Waals surface area contributed by atoms with Crippen molar-refractivity contribution in [1.82, 2.24) is 4.90 Å². The number of thioether (sulfide) groups is 1. The molecule has 0 bridgehead atoms. The predicted octanol–water partition coefficient (Wildman–Crippen LogP) is 4.55. The first-order valence-corrected chi connectivity index (χ1v) is 12.4. The number of halogens is 1. The van der Waals surface area contributed by atoms with Crippen molar-refractivity contribution in [3.8, 4) is 0 Å². The molecule has 176 valence electrons. The lowest BCUT2D eigenvalue weighted by molar-refractivity contribution is -0.384. The third kappa shape index (κ3) is 3.08. The summed E-state index contributed by atoms with van der Waals surface area (Å²) in [5.74, 6) is -0.856. The fraction of sp³-hybridized carbons (Fsp3) is 0.231. The number of nitro benzene ring substituents is 1. The van der Waals surface area contributed by atoms with Crippen molar-refractivity contribution >= 4 is 34.8 Å². The molecule has 2 saturated heterocycles. The summed E-state index contributed by atoms with van der Waals surface area (Å²) >= 11 is 1.70. The number of rotatable bonds is 4. The van der Waals surface area contributed by atoms with E-state index in [-0.39, 0.29) is 29.3 Å². The molecule has 3 aromatic rings. The molecule has 4 atom stereocenters. The van der Waals surface area contributed by atoms with Crippen molar-refractivity contribution in [2.24, 2.45) is 5.92 Å². The van der Waals surface area contributed by atoms with Gasteiger partial charge in [-0.3, -0.25) is 24.6 Å². The van der Waals surface area contributed by atoms with Gasteiger partial charge in [-0.25, -0.2) is 4.39 Å². The zero-order valence-corrected chi connectivity index (χ0v) is 19.2. The van der Waals surface area contributed by atoms with E-state index in [0.717, 1.165) is 11.1 Å². The summed E-state index contributed by atoms with van der Waals surface area (Å²) in [5.41, 5.74) is 1.25. The van der Waals surface area contributed by atoms with E-state index < -0.39 is 22.2 Å². The number of carbonyl (C=O) groups excluding carboxylic acids is 2. The van der Waals surface area contributed by atoms with Crippen molar-refractivity contribution in [3.05, 3.63) is 105 Å². The Hall–Kier alpha value is -3.56. The average Bonchev–Trinajstić information content (AvgIpc) is 3.52. The largest absolute Gasteiger partial charge is 0.324 e. The van der Waals surface area contributed by atoms with Crippen LogP contribution in [0.5, 0.6) is 0 Å². The maximum atomic E-state index is 14.2. The Morgan fingerprint density at radius 3 is 2.51 bits per heavy atom. The number of hydrogen-bond acceptors (Lipinski definition) is 6. The van der Waals surface area contributed by atoms with Crippen molar-refractivity contribution in [1.29, 1.82) is 0 Å². The smallest absolute Gasteiger partial charge is 0.269 e. The quantitative estimate of drug-likeness (QED) is 0.328. The molecule has 0 radical (unpaired) electrons. The highest BCUT2D eigenvalue weighted by atomic mass is 32.2. The molecular formula is C26H20FN3O4S. The Balaban J connectivity index is 1.58. The minimum absolute atomic E-state index is 0.0375. The van der Waals surface area contributed by atoms with Crippen LogP contribution in [0.25, 0.3) is 0 Å². The van der Waals surface area contributed by atoms with Gasteiger partial charge < -0.3 is 5.32 Å². The van der Waals surface area contributed by atoms with Gasteiger partial charge in [0, 0.05) is 52.5 Å². The lowest BCUT2D eigenvalue weighted by Gasteiger charge is -2.36. The van der Waals surface area contributed by atoms with E-state index in [9.17, 15) is 24.1 Å². The zero-order valence-electron chi connectivity index (χ0n) is 18.4. The van der Waals surface area contributed by atoms with Gasteiger partial charge in [-0.1, -0.05) is 30.3 Å². The lowest BCUT2D eigenvalue weighted by Crippen LogP contribution is -2.52. The number of hydrogen-bond donors (Lipinski definition) is 1. The van der Waals surface area contributed by atoms with Gasteiger partial charge in [0.1, 0.15) is 11.4 Å². The molecule has 0 unspecified atom stereocenters. The van der Waals surface area contributed by atoms with Crippen LogP contribution in [0.4, 0.5) is 15.8 Å². The van der Waals surface area contributed by atoms with Crippen LogP contribution in [-0.4, -0.2) is 39.2 Å². The molecule has 3 aromatic carbocycles. The normalized spacial score (nSPS) is 27.0. The fourth-order valence-electron chi connectivity index (χ4n) is 6.02. The molecule has 35 heavy (non-hydrogen) atoms. The highest BCUT2D eigenvalue weighted by Gasteiger charge is 2.69. The average molecular weight is 490 g/mol.